The lowest BCUT2D eigenvalue weighted by Gasteiger charge is -2.40. The van der Waals surface area contributed by atoms with E-state index in [1.54, 1.807) is 33.5 Å². The monoisotopic (exact) mass is 420 g/mol. The molecule has 2 saturated heterocycles. The number of hydrogen-bond acceptors (Lipinski definition) is 3. The third-order valence-corrected chi connectivity index (χ3v) is 8.17. The van der Waals surface area contributed by atoms with E-state index < -0.39 is 10.0 Å². The van der Waals surface area contributed by atoms with Gasteiger partial charge in [0.05, 0.1) is 37.1 Å². The van der Waals surface area contributed by atoms with Gasteiger partial charge >= 0.3 is 0 Å². The molecule has 0 atom stereocenters. The van der Waals surface area contributed by atoms with E-state index in [-0.39, 0.29) is 0 Å². The summed E-state index contributed by atoms with van der Waals surface area (Å²) in [6.07, 6.45) is 1.85. The normalized spacial score (nSPS) is 20.4. The Morgan fingerprint density at radius 2 is 1.46 bits per heavy atom. The fourth-order valence-corrected chi connectivity index (χ4v) is 5.95. The van der Waals surface area contributed by atoms with Gasteiger partial charge in [-0.05, 0) is 36.4 Å². The smallest absolute Gasteiger partial charge is 0.243 e. The standard InChI is InChI=1S/C21H26ClN3O2S/c22-18-6-8-21(9-7-18)28(26,27)25-12-10-20(11-13-25)24-16-14-23(15-17-24)19-4-2-1-3-5-19/h1-9,20H,10-17H2/p+1. The lowest BCUT2D eigenvalue weighted by Crippen LogP contribution is -3.18. The van der Waals surface area contributed by atoms with Crippen LogP contribution in [0.4, 0.5) is 5.69 Å². The third kappa shape index (κ3) is 4.20. The van der Waals surface area contributed by atoms with Crippen molar-refractivity contribution in [2.75, 3.05) is 44.2 Å². The van der Waals surface area contributed by atoms with Gasteiger partial charge < -0.3 is 9.80 Å². The van der Waals surface area contributed by atoms with Crippen molar-refractivity contribution in [3.63, 3.8) is 0 Å². The zero-order valence-corrected chi connectivity index (χ0v) is 17.5. The number of para-hydroxylation sites is 1. The topological polar surface area (TPSA) is 45.1 Å². The Bertz CT molecular complexity index is 874. The van der Waals surface area contributed by atoms with Crippen LogP contribution in [0.2, 0.25) is 5.02 Å². The molecule has 0 amide bonds. The van der Waals surface area contributed by atoms with Crippen molar-refractivity contribution >= 4 is 27.3 Å². The number of quaternary nitrogens is 1. The van der Waals surface area contributed by atoms with Crippen molar-refractivity contribution in [1.29, 1.82) is 0 Å². The minimum atomic E-state index is -3.42. The van der Waals surface area contributed by atoms with Gasteiger partial charge in [0.25, 0.3) is 0 Å². The van der Waals surface area contributed by atoms with E-state index in [4.69, 9.17) is 11.6 Å². The summed E-state index contributed by atoms with van der Waals surface area (Å²) >= 11 is 5.89. The van der Waals surface area contributed by atoms with Gasteiger partial charge in [-0.25, -0.2) is 8.42 Å². The Labute approximate surface area is 172 Å². The molecule has 2 heterocycles. The van der Waals surface area contributed by atoms with Crippen LogP contribution < -0.4 is 9.80 Å². The van der Waals surface area contributed by atoms with Gasteiger partial charge in [0.15, 0.2) is 0 Å². The summed E-state index contributed by atoms with van der Waals surface area (Å²) in [6.45, 7) is 5.54. The Balaban J connectivity index is 1.32. The first-order chi connectivity index (χ1) is 13.5. The number of piperidine rings is 1. The average Bonchev–Trinajstić information content (AvgIpc) is 2.75. The SMILES string of the molecule is O=S(=O)(c1ccc(Cl)cc1)N1CCC([NH+]2CCN(c3ccccc3)CC2)CC1. The van der Waals surface area contributed by atoms with E-state index in [0.29, 0.717) is 29.0 Å². The van der Waals surface area contributed by atoms with Crippen LogP contribution in [0.25, 0.3) is 0 Å². The molecule has 0 radical (unpaired) electrons. The second-order valence-electron chi connectivity index (χ2n) is 7.61. The molecule has 2 aliphatic heterocycles. The third-order valence-electron chi connectivity index (χ3n) is 6.01. The lowest BCUT2D eigenvalue weighted by molar-refractivity contribution is -0.927. The maximum Gasteiger partial charge on any atom is 0.243 e. The molecule has 28 heavy (non-hydrogen) atoms. The number of nitrogens with zero attached hydrogens (tertiary/aromatic N) is 2. The van der Waals surface area contributed by atoms with Crippen molar-refractivity contribution in [2.45, 2.75) is 23.8 Å². The van der Waals surface area contributed by atoms with Crippen LogP contribution >= 0.6 is 11.6 Å². The second-order valence-corrected chi connectivity index (χ2v) is 9.99. The van der Waals surface area contributed by atoms with Crippen LogP contribution in [0.1, 0.15) is 12.8 Å². The molecule has 2 aromatic rings. The quantitative estimate of drug-likeness (QED) is 0.821. The van der Waals surface area contributed by atoms with Gasteiger partial charge in [0.2, 0.25) is 10.0 Å². The summed E-state index contributed by atoms with van der Waals surface area (Å²) in [5.74, 6) is 0. The Kier molecular flexibility index (Phi) is 5.92. The number of piperazine rings is 1. The predicted octanol–water partition coefficient (Wildman–Crippen LogP) is 1.90. The van der Waals surface area contributed by atoms with Crippen LogP contribution in [0, 0.1) is 0 Å². The van der Waals surface area contributed by atoms with E-state index in [9.17, 15) is 8.42 Å². The van der Waals surface area contributed by atoms with E-state index >= 15 is 0 Å². The van der Waals surface area contributed by atoms with Gasteiger partial charge in [-0.15, -0.1) is 0 Å². The molecule has 2 aromatic carbocycles. The van der Waals surface area contributed by atoms with Crippen LogP contribution in [0.3, 0.4) is 0 Å². The molecule has 0 spiro atoms. The fraction of sp³-hybridized carbons (Fsp3) is 0.429. The van der Waals surface area contributed by atoms with Gasteiger partial charge in [-0.2, -0.15) is 4.31 Å². The average molecular weight is 421 g/mol. The zero-order chi connectivity index (χ0) is 19.6. The highest BCUT2D eigenvalue weighted by Gasteiger charge is 2.35. The molecule has 150 valence electrons. The van der Waals surface area contributed by atoms with Gasteiger partial charge in [-0.1, -0.05) is 29.8 Å². The minimum Gasteiger partial charge on any atom is -0.360 e. The van der Waals surface area contributed by atoms with Crippen molar-refractivity contribution < 1.29 is 13.3 Å². The molecule has 0 saturated carbocycles. The first-order valence-corrected chi connectivity index (χ1v) is 11.8. The summed E-state index contributed by atoms with van der Waals surface area (Å²) < 4.78 is 27.3. The maximum absolute atomic E-state index is 12.9. The Morgan fingerprint density at radius 1 is 0.857 bits per heavy atom. The predicted molar refractivity (Wildman–Crippen MR) is 113 cm³/mol. The molecular weight excluding hydrogens is 394 g/mol. The molecule has 7 heteroatoms. The van der Waals surface area contributed by atoms with Crippen molar-refractivity contribution in [3.05, 3.63) is 59.6 Å². The molecule has 0 bridgehead atoms. The van der Waals surface area contributed by atoms with Crippen molar-refractivity contribution in [3.8, 4) is 0 Å². The van der Waals surface area contributed by atoms with E-state index in [0.717, 1.165) is 39.0 Å². The number of anilines is 1. The van der Waals surface area contributed by atoms with Crippen LogP contribution in [-0.4, -0.2) is 58.0 Å². The van der Waals surface area contributed by atoms with Crippen LogP contribution in [0.15, 0.2) is 59.5 Å². The Morgan fingerprint density at radius 3 is 2.07 bits per heavy atom. The minimum absolute atomic E-state index is 0.333. The van der Waals surface area contributed by atoms with Crippen LogP contribution in [0.5, 0.6) is 0 Å². The fourth-order valence-electron chi connectivity index (χ4n) is 4.36. The molecule has 2 aliphatic rings. The number of benzene rings is 2. The van der Waals surface area contributed by atoms with E-state index in [1.165, 1.54) is 5.69 Å². The summed E-state index contributed by atoms with van der Waals surface area (Å²) in [4.78, 5) is 4.40. The highest BCUT2D eigenvalue weighted by molar-refractivity contribution is 7.89. The molecule has 0 aromatic heterocycles. The molecule has 5 nitrogen and oxygen atoms in total. The van der Waals surface area contributed by atoms with Gasteiger partial charge in [0.1, 0.15) is 0 Å². The summed E-state index contributed by atoms with van der Waals surface area (Å²) in [7, 11) is -3.42. The molecule has 2 fully saturated rings. The lowest BCUT2D eigenvalue weighted by atomic mass is 10.0. The number of nitrogens with one attached hydrogen (secondary N) is 1. The Hall–Kier alpha value is -1.60. The number of rotatable bonds is 4. The van der Waals surface area contributed by atoms with E-state index in [1.807, 2.05) is 0 Å². The van der Waals surface area contributed by atoms with Crippen molar-refractivity contribution in [1.82, 2.24) is 4.31 Å². The zero-order valence-electron chi connectivity index (χ0n) is 15.9. The summed E-state index contributed by atoms with van der Waals surface area (Å²) in [6, 6.07) is 17.6. The van der Waals surface area contributed by atoms with Gasteiger partial charge in [-0.3, -0.25) is 0 Å². The molecule has 4 rings (SSSR count). The maximum atomic E-state index is 12.9. The summed E-state index contributed by atoms with van der Waals surface area (Å²) in [5.41, 5.74) is 1.30. The van der Waals surface area contributed by atoms with E-state index in [2.05, 4.69) is 35.2 Å². The largest absolute Gasteiger partial charge is 0.360 e. The van der Waals surface area contributed by atoms with Crippen LogP contribution in [-0.2, 0) is 10.0 Å². The first-order valence-electron chi connectivity index (χ1n) is 9.94. The molecule has 0 unspecified atom stereocenters. The highest BCUT2D eigenvalue weighted by atomic mass is 35.5. The molecule has 1 N–H and O–H groups in total. The number of halogens is 1. The highest BCUT2D eigenvalue weighted by Crippen LogP contribution is 2.22. The number of sulfonamides is 1. The first kappa shape index (κ1) is 19.7. The van der Waals surface area contributed by atoms with Gasteiger partial charge in [0, 0.05) is 36.6 Å². The number of hydrogen-bond donors (Lipinski definition) is 1. The van der Waals surface area contributed by atoms with Crippen molar-refractivity contribution in [2.24, 2.45) is 0 Å². The molecule has 0 aliphatic carbocycles. The molecular formula is C21H27ClN3O2S+. The summed E-state index contributed by atoms with van der Waals surface area (Å²) in [5, 5.41) is 0.552. The second kappa shape index (κ2) is 8.41.